The van der Waals surface area contributed by atoms with Crippen molar-refractivity contribution in [1.82, 2.24) is 5.32 Å². The first-order chi connectivity index (χ1) is 7.72. The zero-order valence-corrected chi connectivity index (χ0v) is 11.6. The monoisotopic (exact) mass is 239 g/mol. The number of thiophene rings is 1. The molecular formula is C14H25NS. The van der Waals surface area contributed by atoms with Crippen molar-refractivity contribution in [3.05, 3.63) is 22.4 Å². The molecule has 0 aliphatic carbocycles. The largest absolute Gasteiger partial charge is 0.317 e. The SMILES string of the molecule is CCNCC(CCc1cccs1)CC(C)C. The van der Waals surface area contributed by atoms with Crippen LogP contribution in [-0.2, 0) is 6.42 Å². The Hall–Kier alpha value is -0.340. The maximum absolute atomic E-state index is 3.49. The average molecular weight is 239 g/mol. The molecule has 0 bridgehead atoms. The molecule has 0 spiro atoms. The fraction of sp³-hybridized carbons (Fsp3) is 0.714. The molecule has 2 heteroatoms. The lowest BCUT2D eigenvalue weighted by Crippen LogP contribution is -2.24. The lowest BCUT2D eigenvalue weighted by molar-refractivity contribution is 0.370. The van der Waals surface area contributed by atoms with Gasteiger partial charge in [0.2, 0.25) is 0 Å². The van der Waals surface area contributed by atoms with Gasteiger partial charge in [0.05, 0.1) is 0 Å². The van der Waals surface area contributed by atoms with Gasteiger partial charge in [-0.2, -0.15) is 0 Å². The lowest BCUT2D eigenvalue weighted by atomic mass is 9.92. The van der Waals surface area contributed by atoms with E-state index < -0.39 is 0 Å². The summed E-state index contributed by atoms with van der Waals surface area (Å²) in [5.41, 5.74) is 0. The second-order valence-electron chi connectivity index (χ2n) is 4.92. The highest BCUT2D eigenvalue weighted by Gasteiger charge is 2.10. The van der Waals surface area contributed by atoms with Gasteiger partial charge in [-0.1, -0.05) is 26.8 Å². The van der Waals surface area contributed by atoms with Crippen molar-refractivity contribution in [2.45, 2.75) is 40.0 Å². The van der Waals surface area contributed by atoms with Gasteiger partial charge < -0.3 is 5.32 Å². The molecule has 1 aromatic heterocycles. The Labute approximate surface area is 104 Å². The van der Waals surface area contributed by atoms with Gasteiger partial charge in [-0.15, -0.1) is 11.3 Å². The van der Waals surface area contributed by atoms with E-state index in [0.29, 0.717) is 0 Å². The van der Waals surface area contributed by atoms with Gasteiger partial charge in [0.15, 0.2) is 0 Å². The molecule has 1 nitrogen and oxygen atoms in total. The molecule has 0 fully saturated rings. The normalized spacial score (nSPS) is 13.2. The predicted octanol–water partition coefficient (Wildman–Crippen LogP) is 3.95. The summed E-state index contributed by atoms with van der Waals surface area (Å²) in [5, 5.41) is 5.66. The van der Waals surface area contributed by atoms with Crippen LogP contribution >= 0.6 is 11.3 Å². The zero-order chi connectivity index (χ0) is 11.8. The van der Waals surface area contributed by atoms with E-state index in [1.165, 1.54) is 30.7 Å². The van der Waals surface area contributed by atoms with Gasteiger partial charge in [-0.25, -0.2) is 0 Å². The zero-order valence-electron chi connectivity index (χ0n) is 10.8. The number of aryl methyl sites for hydroxylation is 1. The van der Waals surface area contributed by atoms with E-state index in [9.17, 15) is 0 Å². The fourth-order valence-electron chi connectivity index (χ4n) is 2.12. The third-order valence-electron chi connectivity index (χ3n) is 2.87. The third kappa shape index (κ3) is 5.66. The van der Waals surface area contributed by atoms with Gasteiger partial charge in [0.1, 0.15) is 0 Å². The highest BCUT2D eigenvalue weighted by Crippen LogP contribution is 2.19. The summed E-state index contributed by atoms with van der Waals surface area (Å²) in [6.07, 6.45) is 3.92. The van der Waals surface area contributed by atoms with E-state index in [0.717, 1.165) is 18.4 Å². The molecule has 16 heavy (non-hydrogen) atoms. The molecule has 1 aromatic rings. The average Bonchev–Trinajstić information content (AvgIpc) is 2.74. The van der Waals surface area contributed by atoms with Crippen molar-refractivity contribution >= 4 is 11.3 Å². The van der Waals surface area contributed by atoms with Gasteiger partial charge in [-0.05, 0) is 55.6 Å². The molecule has 1 heterocycles. The van der Waals surface area contributed by atoms with E-state index >= 15 is 0 Å². The fourth-order valence-corrected chi connectivity index (χ4v) is 2.84. The van der Waals surface area contributed by atoms with E-state index in [1.807, 2.05) is 11.3 Å². The van der Waals surface area contributed by atoms with Crippen LogP contribution in [0, 0.1) is 11.8 Å². The molecule has 0 aliphatic heterocycles. The molecule has 92 valence electrons. The van der Waals surface area contributed by atoms with Gasteiger partial charge >= 0.3 is 0 Å². The van der Waals surface area contributed by atoms with E-state index in [2.05, 4.69) is 43.6 Å². The summed E-state index contributed by atoms with van der Waals surface area (Å²) in [6, 6.07) is 4.41. The molecule has 0 amide bonds. The highest BCUT2D eigenvalue weighted by molar-refractivity contribution is 7.09. The first kappa shape index (κ1) is 13.7. The topological polar surface area (TPSA) is 12.0 Å². The van der Waals surface area contributed by atoms with Gasteiger partial charge in [0.25, 0.3) is 0 Å². The summed E-state index contributed by atoms with van der Waals surface area (Å²) in [7, 11) is 0. The first-order valence-corrected chi connectivity index (χ1v) is 7.33. The molecule has 1 rings (SSSR count). The number of hydrogen-bond donors (Lipinski definition) is 1. The van der Waals surface area contributed by atoms with E-state index in [1.54, 1.807) is 0 Å². The van der Waals surface area contributed by atoms with Crippen LogP contribution in [0.2, 0.25) is 0 Å². The molecule has 1 N–H and O–H groups in total. The molecule has 0 radical (unpaired) electrons. The van der Waals surface area contributed by atoms with Crippen molar-refractivity contribution < 1.29 is 0 Å². The Balaban J connectivity index is 2.31. The maximum Gasteiger partial charge on any atom is 0.00453 e. The molecule has 0 aliphatic rings. The van der Waals surface area contributed by atoms with Crippen LogP contribution in [-0.4, -0.2) is 13.1 Å². The van der Waals surface area contributed by atoms with Crippen LogP contribution in [0.4, 0.5) is 0 Å². The van der Waals surface area contributed by atoms with Crippen molar-refractivity contribution in [2.24, 2.45) is 11.8 Å². The Morgan fingerprint density at radius 2 is 2.19 bits per heavy atom. The summed E-state index contributed by atoms with van der Waals surface area (Å²) in [6.45, 7) is 9.10. The third-order valence-corrected chi connectivity index (χ3v) is 3.80. The quantitative estimate of drug-likeness (QED) is 0.724. The second-order valence-corrected chi connectivity index (χ2v) is 5.95. The predicted molar refractivity (Wildman–Crippen MR) is 74.1 cm³/mol. The van der Waals surface area contributed by atoms with Crippen molar-refractivity contribution in [1.29, 1.82) is 0 Å². The first-order valence-electron chi connectivity index (χ1n) is 6.45. The van der Waals surface area contributed by atoms with Crippen LogP contribution in [0.15, 0.2) is 17.5 Å². The van der Waals surface area contributed by atoms with Crippen LogP contribution in [0.3, 0.4) is 0 Å². The standard InChI is InChI=1S/C14H25NS/c1-4-15-11-13(10-12(2)3)7-8-14-6-5-9-16-14/h5-6,9,12-13,15H,4,7-8,10-11H2,1-3H3. The highest BCUT2D eigenvalue weighted by atomic mass is 32.1. The molecule has 0 aromatic carbocycles. The summed E-state index contributed by atoms with van der Waals surface area (Å²) < 4.78 is 0. The van der Waals surface area contributed by atoms with Crippen molar-refractivity contribution in [2.75, 3.05) is 13.1 Å². The van der Waals surface area contributed by atoms with Crippen LogP contribution in [0.25, 0.3) is 0 Å². The van der Waals surface area contributed by atoms with Gasteiger partial charge in [0, 0.05) is 4.88 Å². The molecule has 1 unspecified atom stereocenters. The Kier molecular flexibility index (Phi) is 6.74. The van der Waals surface area contributed by atoms with Crippen LogP contribution in [0.5, 0.6) is 0 Å². The summed E-state index contributed by atoms with van der Waals surface area (Å²) in [5.74, 6) is 1.65. The number of hydrogen-bond acceptors (Lipinski definition) is 2. The molecule has 0 saturated carbocycles. The Morgan fingerprint density at radius 1 is 1.38 bits per heavy atom. The Bertz CT molecular complexity index is 254. The number of rotatable bonds is 8. The van der Waals surface area contributed by atoms with Crippen molar-refractivity contribution in [3.63, 3.8) is 0 Å². The minimum absolute atomic E-state index is 0.812. The second kappa shape index (κ2) is 7.86. The minimum atomic E-state index is 0.812. The Morgan fingerprint density at radius 3 is 2.75 bits per heavy atom. The van der Waals surface area contributed by atoms with Gasteiger partial charge in [-0.3, -0.25) is 0 Å². The minimum Gasteiger partial charge on any atom is -0.317 e. The number of nitrogens with one attached hydrogen (secondary N) is 1. The maximum atomic E-state index is 3.49. The van der Waals surface area contributed by atoms with Crippen LogP contribution in [0.1, 0.15) is 38.5 Å². The van der Waals surface area contributed by atoms with E-state index in [-0.39, 0.29) is 0 Å². The van der Waals surface area contributed by atoms with Crippen LogP contribution < -0.4 is 5.32 Å². The molecular weight excluding hydrogens is 214 g/mol. The lowest BCUT2D eigenvalue weighted by Gasteiger charge is -2.19. The van der Waals surface area contributed by atoms with E-state index in [4.69, 9.17) is 0 Å². The molecule has 1 atom stereocenters. The smallest absolute Gasteiger partial charge is 0.00453 e. The summed E-state index contributed by atoms with van der Waals surface area (Å²) in [4.78, 5) is 1.53. The molecule has 0 saturated heterocycles. The van der Waals surface area contributed by atoms with Crippen molar-refractivity contribution in [3.8, 4) is 0 Å². The summed E-state index contributed by atoms with van der Waals surface area (Å²) >= 11 is 1.89.